The van der Waals surface area contributed by atoms with Gasteiger partial charge in [0.05, 0.1) is 6.54 Å². The van der Waals surface area contributed by atoms with Gasteiger partial charge in [0, 0.05) is 0 Å². The van der Waals surface area contributed by atoms with E-state index in [9.17, 15) is 17.2 Å². The molecule has 0 aliphatic carbocycles. The van der Waals surface area contributed by atoms with Gasteiger partial charge in [0.25, 0.3) is 10.0 Å². The molecule has 1 aromatic heterocycles. The van der Waals surface area contributed by atoms with Crippen molar-refractivity contribution in [1.29, 1.82) is 0 Å². The largest absolute Gasteiger partial charge is 0.446 e. The summed E-state index contributed by atoms with van der Waals surface area (Å²) >= 11 is 0. The molecule has 0 bridgehead atoms. The van der Waals surface area contributed by atoms with Crippen LogP contribution in [0, 0.1) is 11.6 Å². The second kappa shape index (κ2) is 4.98. The molecule has 19 heavy (non-hydrogen) atoms. The van der Waals surface area contributed by atoms with E-state index in [4.69, 9.17) is 9.56 Å². The highest BCUT2D eigenvalue weighted by molar-refractivity contribution is 7.89. The maximum atomic E-state index is 13.3. The number of primary sulfonamides is 1. The molecule has 0 aliphatic rings. The molecule has 0 aliphatic heterocycles. The smallest absolute Gasteiger partial charge is 0.271 e. The van der Waals surface area contributed by atoms with Crippen LogP contribution in [0.4, 0.5) is 14.5 Å². The number of sulfonamides is 1. The number of furan rings is 1. The van der Waals surface area contributed by atoms with Gasteiger partial charge in [0.2, 0.25) is 5.09 Å². The molecule has 0 saturated heterocycles. The lowest BCUT2D eigenvalue weighted by Crippen LogP contribution is -2.10. The molecule has 1 aromatic carbocycles. The van der Waals surface area contributed by atoms with E-state index >= 15 is 0 Å². The number of para-hydroxylation sites is 1. The first-order valence-corrected chi connectivity index (χ1v) is 6.72. The van der Waals surface area contributed by atoms with Crippen LogP contribution in [0.25, 0.3) is 0 Å². The van der Waals surface area contributed by atoms with Crippen LogP contribution in [-0.2, 0) is 16.6 Å². The van der Waals surface area contributed by atoms with Crippen LogP contribution in [0.5, 0.6) is 0 Å². The minimum absolute atomic E-state index is 0.0760. The summed E-state index contributed by atoms with van der Waals surface area (Å²) in [4.78, 5) is 0. The van der Waals surface area contributed by atoms with Crippen molar-refractivity contribution in [2.75, 3.05) is 5.32 Å². The maximum absolute atomic E-state index is 13.3. The fourth-order valence-electron chi connectivity index (χ4n) is 1.45. The second-order valence-electron chi connectivity index (χ2n) is 3.72. The van der Waals surface area contributed by atoms with Gasteiger partial charge in [0.15, 0.2) is 0 Å². The van der Waals surface area contributed by atoms with Crippen molar-refractivity contribution >= 4 is 15.7 Å². The minimum Gasteiger partial charge on any atom is -0.446 e. The lowest BCUT2D eigenvalue weighted by atomic mass is 10.3. The SMILES string of the molecule is NS(=O)(=O)c1ccc(CNc2c(F)cccc2F)o1. The Morgan fingerprint density at radius 1 is 1.16 bits per heavy atom. The van der Waals surface area contributed by atoms with Crippen LogP contribution < -0.4 is 10.5 Å². The summed E-state index contributed by atoms with van der Waals surface area (Å²) in [5, 5.41) is 6.94. The third-order valence-electron chi connectivity index (χ3n) is 2.32. The van der Waals surface area contributed by atoms with Gasteiger partial charge in [-0.1, -0.05) is 6.07 Å². The van der Waals surface area contributed by atoms with Crippen LogP contribution in [-0.4, -0.2) is 8.42 Å². The standard InChI is InChI=1S/C11H10F2N2O3S/c12-8-2-1-3-9(13)11(8)15-6-7-4-5-10(18-7)19(14,16)17/h1-5,15H,6H2,(H2,14,16,17). The molecular formula is C11H10F2N2O3S. The van der Waals surface area contributed by atoms with Gasteiger partial charge in [-0.2, -0.15) is 0 Å². The van der Waals surface area contributed by atoms with Gasteiger partial charge in [-0.05, 0) is 24.3 Å². The number of nitrogens with one attached hydrogen (secondary N) is 1. The third kappa shape index (κ3) is 3.09. The zero-order valence-corrected chi connectivity index (χ0v) is 10.4. The summed E-state index contributed by atoms with van der Waals surface area (Å²) in [5.74, 6) is -1.32. The zero-order chi connectivity index (χ0) is 14.0. The molecule has 5 nitrogen and oxygen atoms in total. The zero-order valence-electron chi connectivity index (χ0n) is 9.56. The Hall–Kier alpha value is -1.93. The molecule has 1 heterocycles. The second-order valence-corrected chi connectivity index (χ2v) is 5.21. The Bertz CT molecular complexity index is 677. The topological polar surface area (TPSA) is 85.3 Å². The number of hydrogen-bond acceptors (Lipinski definition) is 4. The average molecular weight is 288 g/mol. The number of anilines is 1. The summed E-state index contributed by atoms with van der Waals surface area (Å²) in [5.41, 5.74) is -0.309. The van der Waals surface area contributed by atoms with Gasteiger partial charge in [-0.3, -0.25) is 0 Å². The molecule has 0 fully saturated rings. The van der Waals surface area contributed by atoms with Gasteiger partial charge < -0.3 is 9.73 Å². The monoisotopic (exact) mass is 288 g/mol. The first kappa shape index (κ1) is 13.5. The summed E-state index contributed by atoms with van der Waals surface area (Å²) in [6, 6.07) is 5.96. The Morgan fingerprint density at radius 2 is 1.79 bits per heavy atom. The van der Waals surface area contributed by atoms with Gasteiger partial charge in [-0.25, -0.2) is 22.3 Å². The van der Waals surface area contributed by atoms with Gasteiger partial charge in [0.1, 0.15) is 23.1 Å². The number of halogens is 2. The van der Waals surface area contributed by atoms with E-state index in [0.717, 1.165) is 12.1 Å². The van der Waals surface area contributed by atoms with E-state index in [1.54, 1.807) is 0 Å². The normalized spacial score (nSPS) is 11.5. The quantitative estimate of drug-likeness (QED) is 0.898. The Kier molecular flexibility index (Phi) is 3.54. The average Bonchev–Trinajstić information content (AvgIpc) is 2.77. The molecule has 0 unspecified atom stereocenters. The summed E-state index contributed by atoms with van der Waals surface area (Å²) < 4.78 is 53.5. The predicted molar refractivity (Wildman–Crippen MR) is 63.8 cm³/mol. The highest BCUT2D eigenvalue weighted by atomic mass is 32.2. The lowest BCUT2D eigenvalue weighted by Gasteiger charge is -2.06. The first-order chi connectivity index (χ1) is 8.88. The molecule has 3 N–H and O–H groups in total. The molecule has 102 valence electrons. The number of rotatable bonds is 4. The molecule has 0 spiro atoms. The van der Waals surface area contributed by atoms with E-state index in [2.05, 4.69) is 5.32 Å². The number of benzene rings is 1. The fraction of sp³-hybridized carbons (Fsp3) is 0.0909. The molecule has 0 amide bonds. The van der Waals surface area contributed by atoms with Gasteiger partial charge in [-0.15, -0.1) is 0 Å². The van der Waals surface area contributed by atoms with Crippen LogP contribution >= 0.6 is 0 Å². The Morgan fingerprint density at radius 3 is 2.32 bits per heavy atom. The fourth-order valence-corrected chi connectivity index (χ4v) is 1.93. The molecule has 0 radical (unpaired) electrons. The molecule has 8 heteroatoms. The highest BCUT2D eigenvalue weighted by Crippen LogP contribution is 2.20. The van der Waals surface area contributed by atoms with Crippen molar-refractivity contribution in [2.45, 2.75) is 11.6 Å². The van der Waals surface area contributed by atoms with E-state index in [1.807, 2.05) is 0 Å². The molecule has 0 saturated carbocycles. The van der Waals surface area contributed by atoms with Crippen LogP contribution in [0.1, 0.15) is 5.76 Å². The van der Waals surface area contributed by atoms with Crippen molar-refractivity contribution in [3.8, 4) is 0 Å². The van der Waals surface area contributed by atoms with E-state index in [-0.39, 0.29) is 18.0 Å². The van der Waals surface area contributed by atoms with Crippen LogP contribution in [0.15, 0.2) is 39.8 Å². The molecular weight excluding hydrogens is 278 g/mol. The summed E-state index contributed by atoms with van der Waals surface area (Å²) in [6.07, 6.45) is 0. The van der Waals surface area contributed by atoms with E-state index in [0.29, 0.717) is 0 Å². The maximum Gasteiger partial charge on any atom is 0.271 e. The lowest BCUT2D eigenvalue weighted by molar-refractivity contribution is 0.419. The summed E-state index contributed by atoms with van der Waals surface area (Å²) in [7, 11) is -3.92. The van der Waals surface area contributed by atoms with Crippen molar-refractivity contribution in [3.63, 3.8) is 0 Å². The van der Waals surface area contributed by atoms with Crippen molar-refractivity contribution < 1.29 is 21.6 Å². The minimum atomic E-state index is -3.92. The molecule has 2 aromatic rings. The van der Waals surface area contributed by atoms with Gasteiger partial charge >= 0.3 is 0 Å². The van der Waals surface area contributed by atoms with Crippen LogP contribution in [0.3, 0.4) is 0 Å². The van der Waals surface area contributed by atoms with Crippen molar-refractivity contribution in [3.05, 3.63) is 47.7 Å². The number of hydrogen-bond donors (Lipinski definition) is 2. The Labute approximate surface area is 108 Å². The summed E-state index contributed by atoms with van der Waals surface area (Å²) in [6.45, 7) is -0.0760. The van der Waals surface area contributed by atoms with E-state index in [1.165, 1.54) is 18.2 Å². The molecule has 0 atom stereocenters. The Balaban J connectivity index is 2.13. The van der Waals surface area contributed by atoms with Crippen molar-refractivity contribution in [2.24, 2.45) is 5.14 Å². The predicted octanol–water partition coefficient (Wildman–Crippen LogP) is 1.82. The first-order valence-electron chi connectivity index (χ1n) is 5.17. The van der Waals surface area contributed by atoms with E-state index < -0.39 is 26.8 Å². The third-order valence-corrected chi connectivity index (χ3v) is 3.10. The molecule has 2 rings (SSSR count). The van der Waals surface area contributed by atoms with Crippen LogP contribution in [0.2, 0.25) is 0 Å². The highest BCUT2D eigenvalue weighted by Gasteiger charge is 2.14. The van der Waals surface area contributed by atoms with Crippen molar-refractivity contribution in [1.82, 2.24) is 0 Å². The number of nitrogens with two attached hydrogens (primary N) is 1.